The molecule has 0 amide bonds. The quantitative estimate of drug-likeness (QED) is 0.412. The van der Waals surface area contributed by atoms with Crippen LogP contribution in [0.4, 0.5) is 0 Å². The summed E-state index contributed by atoms with van der Waals surface area (Å²) in [5.41, 5.74) is 0. The number of hydrogen-bond acceptors (Lipinski definition) is 4. The zero-order valence-corrected chi connectivity index (χ0v) is 16.8. The van der Waals surface area contributed by atoms with Crippen LogP contribution in [0.25, 0.3) is 0 Å². The van der Waals surface area contributed by atoms with E-state index in [9.17, 15) is 0 Å². The average Bonchev–Trinajstić information content (AvgIpc) is 2.43. The molecule has 4 nitrogen and oxygen atoms in total. The van der Waals surface area contributed by atoms with Gasteiger partial charge in [0.2, 0.25) is 0 Å². The van der Waals surface area contributed by atoms with E-state index in [2.05, 4.69) is 33.6 Å². The van der Waals surface area contributed by atoms with Crippen LogP contribution in [0, 0.1) is 0 Å². The van der Waals surface area contributed by atoms with Crippen molar-refractivity contribution >= 4 is 0 Å². The molecule has 0 aliphatic carbocycles. The van der Waals surface area contributed by atoms with Crippen LogP contribution in [0.2, 0.25) is 0 Å². The maximum atomic E-state index is 2.68. The SMILES string of the molecule is CCN1CCCN2CCN(C)CCCN(CC1)CC2.[Cl-].[Cl-].[Mn+2]. The van der Waals surface area contributed by atoms with Crippen LogP contribution in [0.1, 0.15) is 19.8 Å². The molecule has 7 heteroatoms. The van der Waals surface area contributed by atoms with E-state index in [1.54, 1.807) is 0 Å². The summed E-state index contributed by atoms with van der Waals surface area (Å²) < 4.78 is 0. The Kier molecular flexibility index (Phi) is 16.4. The van der Waals surface area contributed by atoms with Crippen LogP contribution in [0.5, 0.6) is 0 Å². The maximum absolute atomic E-state index is 2.68. The Hall–Kier alpha value is 0.939. The van der Waals surface area contributed by atoms with Gasteiger partial charge < -0.3 is 44.4 Å². The Bertz CT molecular complexity index is 260. The van der Waals surface area contributed by atoms with Gasteiger partial charge in [-0.2, -0.15) is 0 Å². The predicted octanol–water partition coefficient (Wildman–Crippen LogP) is -5.34. The molecule has 0 spiro atoms. The molecular weight excluding hydrogens is 362 g/mol. The van der Waals surface area contributed by atoms with Gasteiger partial charge in [0.25, 0.3) is 0 Å². The summed E-state index contributed by atoms with van der Waals surface area (Å²) in [6.45, 7) is 16.1. The fourth-order valence-electron chi connectivity index (χ4n) is 3.17. The summed E-state index contributed by atoms with van der Waals surface area (Å²) in [6, 6.07) is 0. The van der Waals surface area contributed by atoms with Crippen molar-refractivity contribution in [3.63, 3.8) is 0 Å². The van der Waals surface area contributed by atoms with Crippen molar-refractivity contribution in [1.82, 2.24) is 19.6 Å². The van der Waals surface area contributed by atoms with Gasteiger partial charge in [0.05, 0.1) is 0 Å². The third-order valence-electron chi connectivity index (χ3n) is 4.67. The molecule has 0 aromatic rings. The first-order chi connectivity index (χ1) is 9.28. The number of nitrogens with zero attached hydrogens (tertiary/aromatic N) is 4. The zero-order chi connectivity index (χ0) is 13.5. The van der Waals surface area contributed by atoms with Gasteiger partial charge in [-0.25, -0.2) is 0 Å². The van der Waals surface area contributed by atoms with Gasteiger partial charge in [-0.1, -0.05) is 6.92 Å². The molecule has 22 heavy (non-hydrogen) atoms. The van der Waals surface area contributed by atoms with Crippen LogP contribution >= 0.6 is 0 Å². The van der Waals surface area contributed by atoms with Crippen molar-refractivity contribution in [1.29, 1.82) is 0 Å². The summed E-state index contributed by atoms with van der Waals surface area (Å²) in [4.78, 5) is 10.5. The number of likely N-dealkylation sites (N-methyl/N-ethyl adjacent to an activating group) is 2. The van der Waals surface area contributed by atoms with Crippen molar-refractivity contribution in [2.75, 3.05) is 79.0 Å². The van der Waals surface area contributed by atoms with E-state index in [-0.39, 0.29) is 41.9 Å². The molecule has 2 saturated heterocycles. The first kappa shape index (κ1) is 25.2. The Morgan fingerprint density at radius 1 is 0.636 bits per heavy atom. The topological polar surface area (TPSA) is 13.0 Å². The van der Waals surface area contributed by atoms with Gasteiger partial charge in [-0.05, 0) is 52.6 Å². The Morgan fingerprint density at radius 2 is 1.14 bits per heavy atom. The van der Waals surface area contributed by atoms with Crippen LogP contribution in [-0.2, 0) is 17.1 Å². The fourth-order valence-corrected chi connectivity index (χ4v) is 3.17. The van der Waals surface area contributed by atoms with Crippen LogP contribution < -0.4 is 24.8 Å². The minimum atomic E-state index is 0. The van der Waals surface area contributed by atoms with Crippen molar-refractivity contribution in [3.05, 3.63) is 0 Å². The van der Waals surface area contributed by atoms with Crippen molar-refractivity contribution < 1.29 is 41.9 Å². The maximum Gasteiger partial charge on any atom is 2.00 e. The fraction of sp³-hybridized carbons (Fsp3) is 1.00. The van der Waals surface area contributed by atoms with Gasteiger partial charge in [-0.3, -0.25) is 0 Å². The predicted molar refractivity (Wildman–Crippen MR) is 81.7 cm³/mol. The molecule has 2 unspecified atom stereocenters. The molecule has 2 aliphatic rings. The van der Waals surface area contributed by atoms with Gasteiger partial charge in [0, 0.05) is 39.3 Å². The zero-order valence-electron chi connectivity index (χ0n) is 14.1. The molecule has 2 atom stereocenters. The molecule has 133 valence electrons. The standard InChI is InChI=1S/C15H32N4.2ClH.Mn/c1-3-17-7-5-9-18-11-10-16(2)6-4-8-19(13-12-17)15-14-18;;;/h3-15H2,1-2H3;2*1H;/q;;;+2/p-2. The average molecular weight is 394 g/mol. The van der Waals surface area contributed by atoms with E-state index in [4.69, 9.17) is 0 Å². The summed E-state index contributed by atoms with van der Waals surface area (Å²) in [6.07, 6.45) is 2.65. The first-order valence-corrected chi connectivity index (χ1v) is 8.13. The van der Waals surface area contributed by atoms with Crippen LogP contribution in [0.3, 0.4) is 0 Å². The minimum absolute atomic E-state index is 0. The van der Waals surface area contributed by atoms with Gasteiger partial charge in [0.1, 0.15) is 0 Å². The first-order valence-electron chi connectivity index (χ1n) is 8.13. The van der Waals surface area contributed by atoms with E-state index in [0.717, 1.165) is 0 Å². The van der Waals surface area contributed by atoms with E-state index in [1.807, 2.05) is 0 Å². The number of rotatable bonds is 1. The molecule has 2 fully saturated rings. The van der Waals surface area contributed by atoms with Crippen LogP contribution in [0.15, 0.2) is 0 Å². The molecule has 2 aliphatic heterocycles. The van der Waals surface area contributed by atoms with Crippen molar-refractivity contribution in [3.8, 4) is 0 Å². The summed E-state index contributed by atoms with van der Waals surface area (Å²) in [7, 11) is 2.27. The minimum Gasteiger partial charge on any atom is -1.00 e. The molecule has 1 radical (unpaired) electrons. The normalized spacial score (nSPS) is 28.6. The number of halogens is 2. The Labute approximate surface area is 160 Å². The van der Waals surface area contributed by atoms with E-state index in [1.165, 1.54) is 84.8 Å². The van der Waals surface area contributed by atoms with E-state index < -0.39 is 0 Å². The molecule has 0 saturated carbocycles. The molecule has 2 bridgehead atoms. The van der Waals surface area contributed by atoms with Gasteiger partial charge >= 0.3 is 17.1 Å². The van der Waals surface area contributed by atoms with Crippen molar-refractivity contribution in [2.24, 2.45) is 0 Å². The molecular formula is C15H32Cl2MnN4. The Balaban J connectivity index is 0. The molecule has 0 N–H and O–H groups in total. The van der Waals surface area contributed by atoms with Crippen LogP contribution in [-0.4, -0.2) is 98.6 Å². The second-order valence-electron chi connectivity index (χ2n) is 6.13. The van der Waals surface area contributed by atoms with Gasteiger partial charge in [-0.15, -0.1) is 0 Å². The van der Waals surface area contributed by atoms with Crippen molar-refractivity contribution in [2.45, 2.75) is 19.8 Å². The second kappa shape index (κ2) is 14.3. The smallest absolute Gasteiger partial charge is 1.00 e. The van der Waals surface area contributed by atoms with Gasteiger partial charge in [0.15, 0.2) is 0 Å². The third kappa shape index (κ3) is 9.29. The molecule has 0 aromatic heterocycles. The second-order valence-corrected chi connectivity index (χ2v) is 6.13. The molecule has 2 rings (SSSR count). The number of hydrogen-bond donors (Lipinski definition) is 0. The Morgan fingerprint density at radius 3 is 1.73 bits per heavy atom. The monoisotopic (exact) mass is 393 g/mol. The largest absolute Gasteiger partial charge is 2.00 e. The third-order valence-corrected chi connectivity index (χ3v) is 4.67. The summed E-state index contributed by atoms with van der Waals surface area (Å²) in [5, 5.41) is 0. The molecule has 2 heterocycles. The summed E-state index contributed by atoms with van der Waals surface area (Å²) in [5.74, 6) is 0. The van der Waals surface area contributed by atoms with E-state index in [0.29, 0.717) is 0 Å². The summed E-state index contributed by atoms with van der Waals surface area (Å²) >= 11 is 0. The van der Waals surface area contributed by atoms with E-state index >= 15 is 0 Å². The molecule has 0 aromatic carbocycles. The number of fused-ring (bicyclic) bond motifs is 3.